The summed E-state index contributed by atoms with van der Waals surface area (Å²) in [6.45, 7) is 1.97. The molecule has 2 aromatic rings. The molecule has 0 saturated carbocycles. The van der Waals surface area contributed by atoms with E-state index in [1.165, 1.54) is 0 Å². The third-order valence-corrected chi connectivity index (χ3v) is 3.12. The first kappa shape index (κ1) is 9.92. The smallest absolute Gasteiger partial charge is 0.146 e. The maximum absolute atomic E-state index is 5.89. The number of rotatable bonds is 1. The van der Waals surface area contributed by atoms with Crippen molar-refractivity contribution in [3.63, 3.8) is 0 Å². The molecule has 0 saturated heterocycles. The van der Waals surface area contributed by atoms with Gasteiger partial charge in [0.15, 0.2) is 0 Å². The first-order valence-electron chi connectivity index (χ1n) is 4.02. The molecule has 0 atom stereocenters. The number of hydrogen-bond acceptors (Lipinski definition) is 2. The van der Waals surface area contributed by atoms with Gasteiger partial charge in [-0.25, -0.2) is 4.68 Å². The SMILES string of the molecule is Cc1c(I)nnn1-c1cccc(Cl)c1. The average Bonchev–Trinajstić information content (AvgIpc) is 2.48. The summed E-state index contributed by atoms with van der Waals surface area (Å²) in [6.07, 6.45) is 0. The summed E-state index contributed by atoms with van der Waals surface area (Å²) >= 11 is 8.04. The molecular weight excluding hydrogens is 312 g/mol. The lowest BCUT2D eigenvalue weighted by Gasteiger charge is -2.02. The molecule has 14 heavy (non-hydrogen) atoms. The lowest BCUT2D eigenvalue weighted by molar-refractivity contribution is 0.784. The van der Waals surface area contributed by atoms with Crippen LogP contribution in [0.1, 0.15) is 5.69 Å². The third-order valence-electron chi connectivity index (χ3n) is 1.89. The minimum Gasteiger partial charge on any atom is -0.217 e. The molecule has 0 amide bonds. The summed E-state index contributed by atoms with van der Waals surface area (Å²) in [5.41, 5.74) is 1.96. The molecule has 5 heteroatoms. The van der Waals surface area contributed by atoms with Crippen molar-refractivity contribution in [3.05, 3.63) is 38.7 Å². The van der Waals surface area contributed by atoms with E-state index in [2.05, 4.69) is 32.9 Å². The van der Waals surface area contributed by atoms with Gasteiger partial charge in [0.1, 0.15) is 3.70 Å². The predicted molar refractivity (Wildman–Crippen MR) is 63.8 cm³/mol. The lowest BCUT2D eigenvalue weighted by atomic mass is 10.3. The molecule has 0 spiro atoms. The molecule has 0 unspecified atom stereocenters. The van der Waals surface area contributed by atoms with Crippen LogP contribution in [0.2, 0.25) is 5.02 Å². The number of nitrogens with zero attached hydrogens (tertiary/aromatic N) is 3. The molecule has 0 aliphatic carbocycles. The van der Waals surface area contributed by atoms with Crippen molar-refractivity contribution >= 4 is 34.2 Å². The van der Waals surface area contributed by atoms with Gasteiger partial charge >= 0.3 is 0 Å². The van der Waals surface area contributed by atoms with Crippen LogP contribution in [0, 0.1) is 10.6 Å². The molecule has 0 aliphatic heterocycles. The van der Waals surface area contributed by atoms with Gasteiger partial charge in [0.2, 0.25) is 0 Å². The molecule has 1 heterocycles. The van der Waals surface area contributed by atoms with Gasteiger partial charge < -0.3 is 0 Å². The summed E-state index contributed by atoms with van der Waals surface area (Å²) in [6, 6.07) is 7.54. The van der Waals surface area contributed by atoms with E-state index in [0.717, 1.165) is 15.1 Å². The summed E-state index contributed by atoms with van der Waals surface area (Å²) in [7, 11) is 0. The highest BCUT2D eigenvalue weighted by molar-refractivity contribution is 14.1. The van der Waals surface area contributed by atoms with Gasteiger partial charge in [0.25, 0.3) is 0 Å². The van der Waals surface area contributed by atoms with E-state index in [-0.39, 0.29) is 0 Å². The van der Waals surface area contributed by atoms with Crippen molar-refractivity contribution in [2.75, 3.05) is 0 Å². The zero-order chi connectivity index (χ0) is 10.1. The number of aromatic nitrogens is 3. The molecular formula is C9H7ClIN3. The molecule has 1 aromatic heterocycles. The molecule has 0 N–H and O–H groups in total. The van der Waals surface area contributed by atoms with E-state index in [0.29, 0.717) is 5.02 Å². The Morgan fingerprint density at radius 3 is 2.79 bits per heavy atom. The summed E-state index contributed by atoms with van der Waals surface area (Å²) in [5.74, 6) is 0. The molecule has 2 rings (SSSR count). The van der Waals surface area contributed by atoms with Crippen LogP contribution in [0.5, 0.6) is 0 Å². The lowest BCUT2D eigenvalue weighted by Crippen LogP contribution is -1.98. The van der Waals surface area contributed by atoms with Gasteiger partial charge in [0.05, 0.1) is 11.4 Å². The second-order valence-electron chi connectivity index (χ2n) is 2.86. The summed E-state index contributed by atoms with van der Waals surface area (Å²) in [5, 5.41) is 8.71. The van der Waals surface area contributed by atoms with Crippen LogP contribution in [-0.2, 0) is 0 Å². The number of benzene rings is 1. The van der Waals surface area contributed by atoms with Crippen molar-refractivity contribution < 1.29 is 0 Å². The average molecular weight is 320 g/mol. The van der Waals surface area contributed by atoms with Gasteiger partial charge in [0, 0.05) is 5.02 Å². The van der Waals surface area contributed by atoms with Crippen molar-refractivity contribution in [2.45, 2.75) is 6.92 Å². The summed E-state index contributed by atoms with van der Waals surface area (Å²) < 4.78 is 2.68. The van der Waals surface area contributed by atoms with Crippen molar-refractivity contribution in [1.29, 1.82) is 0 Å². The van der Waals surface area contributed by atoms with Crippen LogP contribution < -0.4 is 0 Å². The van der Waals surface area contributed by atoms with E-state index < -0.39 is 0 Å². The van der Waals surface area contributed by atoms with Crippen LogP contribution in [0.4, 0.5) is 0 Å². The Balaban J connectivity index is 2.55. The van der Waals surface area contributed by atoms with Gasteiger partial charge in [-0.3, -0.25) is 0 Å². The van der Waals surface area contributed by atoms with Gasteiger partial charge in [-0.05, 0) is 47.7 Å². The Hall–Kier alpha value is -0.620. The van der Waals surface area contributed by atoms with Crippen molar-refractivity contribution in [3.8, 4) is 5.69 Å². The maximum atomic E-state index is 5.89. The maximum Gasteiger partial charge on any atom is 0.146 e. The topological polar surface area (TPSA) is 30.7 Å². The van der Waals surface area contributed by atoms with Crippen LogP contribution in [0.25, 0.3) is 5.69 Å². The van der Waals surface area contributed by atoms with E-state index in [1.54, 1.807) is 4.68 Å². The van der Waals surface area contributed by atoms with E-state index in [9.17, 15) is 0 Å². The predicted octanol–water partition coefficient (Wildman–Crippen LogP) is 2.83. The molecule has 0 fully saturated rings. The summed E-state index contributed by atoms with van der Waals surface area (Å²) in [4.78, 5) is 0. The van der Waals surface area contributed by atoms with Crippen LogP contribution in [0.3, 0.4) is 0 Å². The molecule has 0 aliphatic rings. The number of halogens is 2. The Morgan fingerprint density at radius 2 is 2.21 bits per heavy atom. The largest absolute Gasteiger partial charge is 0.217 e. The number of hydrogen-bond donors (Lipinski definition) is 0. The molecule has 72 valence electrons. The molecule has 0 bridgehead atoms. The second kappa shape index (κ2) is 3.86. The molecule has 3 nitrogen and oxygen atoms in total. The van der Waals surface area contributed by atoms with Crippen molar-refractivity contribution in [1.82, 2.24) is 15.0 Å². The zero-order valence-electron chi connectivity index (χ0n) is 7.41. The Kier molecular flexibility index (Phi) is 2.73. The standard InChI is InChI=1S/C9H7ClIN3/c1-6-9(11)12-13-14(6)8-4-2-3-7(10)5-8/h2-5H,1H3. The zero-order valence-corrected chi connectivity index (χ0v) is 10.3. The normalized spacial score (nSPS) is 10.5. The molecule has 1 aromatic carbocycles. The molecule has 0 radical (unpaired) electrons. The quantitative estimate of drug-likeness (QED) is 0.757. The van der Waals surface area contributed by atoms with E-state index in [4.69, 9.17) is 11.6 Å². The van der Waals surface area contributed by atoms with E-state index in [1.807, 2.05) is 31.2 Å². The van der Waals surface area contributed by atoms with Gasteiger partial charge in [-0.15, -0.1) is 5.10 Å². The highest BCUT2D eigenvalue weighted by atomic mass is 127. The Labute approximate surface area is 100 Å². The minimum absolute atomic E-state index is 0.701. The third kappa shape index (κ3) is 1.76. The van der Waals surface area contributed by atoms with Crippen LogP contribution in [-0.4, -0.2) is 15.0 Å². The first-order valence-corrected chi connectivity index (χ1v) is 5.48. The fourth-order valence-corrected chi connectivity index (χ4v) is 1.67. The Morgan fingerprint density at radius 1 is 1.43 bits per heavy atom. The minimum atomic E-state index is 0.701. The van der Waals surface area contributed by atoms with Crippen LogP contribution in [0.15, 0.2) is 24.3 Å². The van der Waals surface area contributed by atoms with Crippen molar-refractivity contribution in [2.24, 2.45) is 0 Å². The van der Waals surface area contributed by atoms with Crippen LogP contribution >= 0.6 is 34.2 Å². The second-order valence-corrected chi connectivity index (χ2v) is 4.32. The monoisotopic (exact) mass is 319 g/mol. The highest BCUT2D eigenvalue weighted by Crippen LogP contribution is 2.17. The van der Waals surface area contributed by atoms with Gasteiger partial charge in [-0.2, -0.15) is 0 Å². The fraction of sp³-hybridized carbons (Fsp3) is 0.111. The highest BCUT2D eigenvalue weighted by Gasteiger charge is 2.06. The first-order chi connectivity index (χ1) is 6.68. The van der Waals surface area contributed by atoms with Gasteiger partial charge in [-0.1, -0.05) is 22.9 Å². The Bertz CT molecular complexity index is 467. The fourth-order valence-electron chi connectivity index (χ4n) is 1.16. The van der Waals surface area contributed by atoms with E-state index >= 15 is 0 Å².